The molecule has 1 atom stereocenters. The van der Waals surface area contributed by atoms with Gasteiger partial charge < -0.3 is 20.3 Å². The van der Waals surface area contributed by atoms with Crippen LogP contribution >= 0.6 is 0 Å². The average molecular weight is 303 g/mol. The third-order valence-electron chi connectivity index (χ3n) is 4.28. The Balaban J connectivity index is 1.89. The summed E-state index contributed by atoms with van der Waals surface area (Å²) in [6, 6.07) is 4.54. The number of piperidine rings is 1. The smallest absolute Gasteiger partial charge is 0.253 e. The Morgan fingerprint density at radius 3 is 2.73 bits per heavy atom. The second kappa shape index (κ2) is 5.96. The van der Waals surface area contributed by atoms with E-state index < -0.39 is 6.04 Å². The van der Waals surface area contributed by atoms with Crippen molar-refractivity contribution in [3.63, 3.8) is 0 Å². The van der Waals surface area contributed by atoms with Crippen LogP contribution in [-0.4, -0.2) is 49.5 Å². The van der Waals surface area contributed by atoms with E-state index in [1.807, 2.05) is 4.90 Å². The maximum absolute atomic E-state index is 12.6. The molecule has 2 aliphatic rings. The molecule has 22 heavy (non-hydrogen) atoms. The van der Waals surface area contributed by atoms with Crippen LogP contribution in [0.5, 0.6) is 5.75 Å². The van der Waals surface area contributed by atoms with E-state index in [1.54, 1.807) is 25.2 Å². The van der Waals surface area contributed by atoms with Gasteiger partial charge in [-0.3, -0.25) is 9.59 Å². The van der Waals surface area contributed by atoms with Gasteiger partial charge in [-0.15, -0.1) is 0 Å². The molecule has 6 nitrogen and oxygen atoms in total. The Morgan fingerprint density at radius 2 is 2.00 bits per heavy atom. The first-order valence-electron chi connectivity index (χ1n) is 7.67. The minimum atomic E-state index is -0.682. The first-order valence-corrected chi connectivity index (χ1v) is 7.67. The van der Waals surface area contributed by atoms with Crippen LogP contribution in [0, 0.1) is 0 Å². The van der Waals surface area contributed by atoms with Gasteiger partial charge in [0.2, 0.25) is 5.91 Å². The van der Waals surface area contributed by atoms with Gasteiger partial charge >= 0.3 is 0 Å². The summed E-state index contributed by atoms with van der Waals surface area (Å²) >= 11 is 0. The molecule has 0 bridgehead atoms. The lowest BCUT2D eigenvalue weighted by molar-refractivity contribution is -0.119. The molecular weight excluding hydrogens is 282 g/mol. The molecular formula is C16H21N3O3. The number of fused-ring (bicyclic) bond motifs is 1. The number of likely N-dealkylation sites (N-methyl/N-ethyl adjacent to an activating group) is 1. The van der Waals surface area contributed by atoms with Crippen LogP contribution in [0.4, 0.5) is 5.69 Å². The van der Waals surface area contributed by atoms with E-state index in [4.69, 9.17) is 10.5 Å². The molecule has 1 fully saturated rings. The van der Waals surface area contributed by atoms with E-state index in [2.05, 4.69) is 0 Å². The Kier molecular flexibility index (Phi) is 4.02. The van der Waals surface area contributed by atoms with Gasteiger partial charge in [-0.05, 0) is 37.5 Å². The second-order valence-corrected chi connectivity index (χ2v) is 5.85. The minimum Gasteiger partial charge on any atom is -0.489 e. The highest BCUT2D eigenvalue weighted by Crippen LogP contribution is 2.32. The zero-order valence-electron chi connectivity index (χ0n) is 12.7. The maximum Gasteiger partial charge on any atom is 0.253 e. The van der Waals surface area contributed by atoms with Gasteiger partial charge in [0.25, 0.3) is 5.91 Å². The molecule has 2 heterocycles. The van der Waals surface area contributed by atoms with Gasteiger partial charge in [0.05, 0.1) is 5.69 Å². The zero-order chi connectivity index (χ0) is 15.7. The summed E-state index contributed by atoms with van der Waals surface area (Å²) in [7, 11) is 1.66. The molecule has 1 saturated heterocycles. The summed E-state index contributed by atoms with van der Waals surface area (Å²) in [6.45, 7) is 1.74. The van der Waals surface area contributed by atoms with E-state index in [9.17, 15) is 9.59 Å². The van der Waals surface area contributed by atoms with E-state index >= 15 is 0 Å². The van der Waals surface area contributed by atoms with Crippen molar-refractivity contribution in [2.24, 2.45) is 5.73 Å². The van der Waals surface area contributed by atoms with Crippen molar-refractivity contribution in [2.75, 3.05) is 31.6 Å². The number of hydrogen-bond donors (Lipinski definition) is 1. The predicted molar refractivity (Wildman–Crippen MR) is 83.1 cm³/mol. The summed E-state index contributed by atoms with van der Waals surface area (Å²) < 4.78 is 5.57. The molecule has 0 unspecified atom stereocenters. The van der Waals surface area contributed by atoms with Gasteiger partial charge in [-0.25, -0.2) is 0 Å². The number of nitrogens with two attached hydrogens (primary N) is 1. The summed E-state index contributed by atoms with van der Waals surface area (Å²) in [4.78, 5) is 28.0. The van der Waals surface area contributed by atoms with Crippen molar-refractivity contribution in [2.45, 2.75) is 25.3 Å². The van der Waals surface area contributed by atoms with Gasteiger partial charge in [0, 0.05) is 25.7 Å². The largest absolute Gasteiger partial charge is 0.489 e. The number of anilines is 1. The second-order valence-electron chi connectivity index (χ2n) is 5.85. The number of rotatable bonds is 1. The molecule has 0 aromatic heterocycles. The first kappa shape index (κ1) is 14.8. The van der Waals surface area contributed by atoms with Crippen LogP contribution < -0.4 is 15.4 Å². The van der Waals surface area contributed by atoms with E-state index in [1.165, 1.54) is 11.3 Å². The maximum atomic E-state index is 12.6. The standard InChI is InChI=1S/C16H21N3O3/c1-18-13-9-11(15(20)19-7-3-2-4-8-19)5-6-14(13)22-10-12(17)16(18)21/h5-6,9,12H,2-4,7-8,10,17H2,1H3/t12-/m0/s1. The molecule has 0 saturated carbocycles. The minimum absolute atomic E-state index is 0.0110. The number of carbonyl (C=O) groups excluding carboxylic acids is 2. The SMILES string of the molecule is CN1C(=O)[C@@H](N)COc2ccc(C(=O)N3CCCCC3)cc21. The molecule has 0 aliphatic carbocycles. The van der Waals surface area contributed by atoms with Crippen molar-refractivity contribution >= 4 is 17.5 Å². The fourth-order valence-electron chi connectivity index (χ4n) is 2.93. The van der Waals surface area contributed by atoms with Crippen LogP contribution in [0.15, 0.2) is 18.2 Å². The van der Waals surface area contributed by atoms with E-state index in [-0.39, 0.29) is 18.4 Å². The van der Waals surface area contributed by atoms with Gasteiger partial charge in [-0.2, -0.15) is 0 Å². The molecule has 1 aromatic rings. The van der Waals surface area contributed by atoms with Crippen LogP contribution in [0.1, 0.15) is 29.6 Å². The first-order chi connectivity index (χ1) is 10.6. The monoisotopic (exact) mass is 303 g/mol. The molecule has 0 radical (unpaired) electrons. The fraction of sp³-hybridized carbons (Fsp3) is 0.500. The lowest BCUT2D eigenvalue weighted by atomic mass is 10.1. The van der Waals surface area contributed by atoms with Gasteiger partial charge in [-0.1, -0.05) is 0 Å². The summed E-state index contributed by atoms with van der Waals surface area (Å²) in [5.41, 5.74) is 6.95. The Labute approximate surface area is 129 Å². The van der Waals surface area contributed by atoms with Crippen molar-refractivity contribution < 1.29 is 14.3 Å². The highest BCUT2D eigenvalue weighted by atomic mass is 16.5. The third kappa shape index (κ3) is 2.66. The normalized spacial score (nSPS) is 21.9. The molecule has 118 valence electrons. The van der Waals surface area contributed by atoms with Crippen LogP contribution in [0.2, 0.25) is 0 Å². The Morgan fingerprint density at radius 1 is 1.27 bits per heavy atom. The summed E-state index contributed by atoms with van der Waals surface area (Å²) in [5, 5.41) is 0. The van der Waals surface area contributed by atoms with E-state index in [0.29, 0.717) is 17.0 Å². The zero-order valence-corrected chi connectivity index (χ0v) is 12.7. The lowest BCUT2D eigenvalue weighted by Gasteiger charge is -2.27. The van der Waals surface area contributed by atoms with Crippen LogP contribution in [0.3, 0.4) is 0 Å². The molecule has 2 aliphatic heterocycles. The number of amides is 2. The highest BCUT2D eigenvalue weighted by Gasteiger charge is 2.28. The van der Waals surface area contributed by atoms with Crippen molar-refractivity contribution in [1.82, 2.24) is 4.90 Å². The summed E-state index contributed by atoms with van der Waals surface area (Å²) in [6.07, 6.45) is 3.27. The predicted octanol–water partition coefficient (Wildman–Crippen LogP) is 0.995. The number of nitrogens with zero attached hydrogens (tertiary/aromatic N) is 2. The Bertz CT molecular complexity index is 596. The molecule has 1 aromatic carbocycles. The lowest BCUT2D eigenvalue weighted by Crippen LogP contribution is -2.43. The molecule has 0 spiro atoms. The topological polar surface area (TPSA) is 75.9 Å². The quantitative estimate of drug-likeness (QED) is 0.839. The fourth-order valence-corrected chi connectivity index (χ4v) is 2.93. The number of benzene rings is 1. The van der Waals surface area contributed by atoms with E-state index in [0.717, 1.165) is 25.9 Å². The average Bonchev–Trinajstić information content (AvgIpc) is 2.67. The van der Waals surface area contributed by atoms with Gasteiger partial charge in [0.1, 0.15) is 18.4 Å². The van der Waals surface area contributed by atoms with Crippen molar-refractivity contribution in [3.05, 3.63) is 23.8 Å². The van der Waals surface area contributed by atoms with Crippen LogP contribution in [-0.2, 0) is 4.79 Å². The molecule has 3 rings (SSSR count). The van der Waals surface area contributed by atoms with Crippen LogP contribution in [0.25, 0.3) is 0 Å². The number of hydrogen-bond acceptors (Lipinski definition) is 4. The molecule has 6 heteroatoms. The van der Waals surface area contributed by atoms with Crippen molar-refractivity contribution in [1.29, 1.82) is 0 Å². The molecule has 2 amide bonds. The molecule has 2 N–H and O–H groups in total. The number of likely N-dealkylation sites (tertiary alicyclic amines) is 1. The third-order valence-corrected chi connectivity index (χ3v) is 4.28. The van der Waals surface area contributed by atoms with Gasteiger partial charge in [0.15, 0.2) is 0 Å². The summed E-state index contributed by atoms with van der Waals surface area (Å²) in [5.74, 6) is 0.386. The van der Waals surface area contributed by atoms with Crippen molar-refractivity contribution in [3.8, 4) is 5.75 Å². The Hall–Kier alpha value is -2.08. The highest BCUT2D eigenvalue weighted by molar-refractivity contribution is 6.01. The number of carbonyl (C=O) groups is 2. The number of ether oxygens (including phenoxy) is 1.